The van der Waals surface area contributed by atoms with E-state index in [0.717, 1.165) is 10.0 Å². The third-order valence-electron chi connectivity index (χ3n) is 3.76. The van der Waals surface area contributed by atoms with Crippen molar-refractivity contribution in [3.8, 4) is 17.6 Å². The van der Waals surface area contributed by atoms with Gasteiger partial charge in [0.25, 0.3) is 5.91 Å². The van der Waals surface area contributed by atoms with Gasteiger partial charge in [-0.3, -0.25) is 4.79 Å². The fraction of sp³-hybridized carbons (Fsp3) is 0.238. The number of ether oxygens (including phenoxy) is 3. The maximum Gasteiger partial charge on any atom is 0.262 e. The summed E-state index contributed by atoms with van der Waals surface area (Å²) in [5, 5.41) is 11.9. The van der Waals surface area contributed by atoms with Crippen LogP contribution in [0.25, 0.3) is 6.08 Å². The maximum absolute atomic E-state index is 12.0. The van der Waals surface area contributed by atoms with Crippen LogP contribution >= 0.6 is 15.9 Å². The van der Waals surface area contributed by atoms with Crippen LogP contribution in [-0.2, 0) is 16.1 Å². The Morgan fingerprint density at radius 2 is 1.93 bits per heavy atom. The predicted octanol–water partition coefficient (Wildman–Crippen LogP) is 3.71. The number of carbonyl (C=O) groups excluding carboxylic acids is 1. The summed E-state index contributed by atoms with van der Waals surface area (Å²) in [5.74, 6) is 0.641. The van der Waals surface area contributed by atoms with E-state index in [0.29, 0.717) is 36.8 Å². The lowest BCUT2D eigenvalue weighted by molar-refractivity contribution is -0.117. The van der Waals surface area contributed by atoms with Gasteiger partial charge in [0.15, 0.2) is 11.5 Å². The quantitative estimate of drug-likeness (QED) is 0.362. The molecular formula is C21H21BrN2O4. The van der Waals surface area contributed by atoms with Crippen molar-refractivity contribution in [2.24, 2.45) is 0 Å². The first-order chi connectivity index (χ1) is 13.6. The van der Waals surface area contributed by atoms with E-state index in [1.807, 2.05) is 30.3 Å². The Morgan fingerprint density at radius 3 is 2.57 bits per heavy atom. The van der Waals surface area contributed by atoms with Gasteiger partial charge in [0.05, 0.1) is 13.7 Å². The summed E-state index contributed by atoms with van der Waals surface area (Å²) in [6.45, 7) is 1.10. The number of rotatable bonds is 9. The Labute approximate surface area is 172 Å². The molecule has 0 saturated carbocycles. The molecule has 0 aliphatic heterocycles. The van der Waals surface area contributed by atoms with Gasteiger partial charge in [-0.2, -0.15) is 5.26 Å². The van der Waals surface area contributed by atoms with E-state index < -0.39 is 5.91 Å². The van der Waals surface area contributed by atoms with Gasteiger partial charge in [-0.05, 0) is 41.5 Å². The van der Waals surface area contributed by atoms with Crippen molar-refractivity contribution in [2.45, 2.75) is 6.61 Å². The van der Waals surface area contributed by atoms with E-state index >= 15 is 0 Å². The van der Waals surface area contributed by atoms with Gasteiger partial charge in [-0.1, -0.05) is 34.1 Å². The molecule has 0 saturated heterocycles. The smallest absolute Gasteiger partial charge is 0.262 e. The molecule has 0 aliphatic rings. The van der Waals surface area contributed by atoms with Crippen molar-refractivity contribution in [3.63, 3.8) is 0 Å². The van der Waals surface area contributed by atoms with Crippen LogP contribution in [0.2, 0.25) is 0 Å². The van der Waals surface area contributed by atoms with Crippen LogP contribution in [0.4, 0.5) is 0 Å². The zero-order valence-corrected chi connectivity index (χ0v) is 17.3. The Hall–Kier alpha value is -2.82. The van der Waals surface area contributed by atoms with Crippen LogP contribution in [0.3, 0.4) is 0 Å². The van der Waals surface area contributed by atoms with Crippen LogP contribution in [0, 0.1) is 11.3 Å². The van der Waals surface area contributed by atoms with Crippen LogP contribution in [0.1, 0.15) is 11.1 Å². The molecule has 0 fully saturated rings. The lowest BCUT2D eigenvalue weighted by Gasteiger charge is -2.12. The molecule has 0 atom stereocenters. The highest BCUT2D eigenvalue weighted by Crippen LogP contribution is 2.29. The molecule has 6 nitrogen and oxygen atoms in total. The number of amides is 1. The van der Waals surface area contributed by atoms with Crippen LogP contribution in [0.5, 0.6) is 11.5 Å². The summed E-state index contributed by atoms with van der Waals surface area (Å²) in [4.78, 5) is 12.0. The van der Waals surface area contributed by atoms with Gasteiger partial charge >= 0.3 is 0 Å². The molecule has 0 aliphatic carbocycles. The fourth-order valence-electron chi connectivity index (χ4n) is 2.31. The topological polar surface area (TPSA) is 80.6 Å². The van der Waals surface area contributed by atoms with Gasteiger partial charge in [0.2, 0.25) is 0 Å². The normalized spacial score (nSPS) is 10.9. The number of nitriles is 1. The second-order valence-electron chi connectivity index (χ2n) is 5.74. The Bertz CT molecular complexity index is 873. The maximum atomic E-state index is 12.0. The van der Waals surface area contributed by atoms with Crippen molar-refractivity contribution in [1.29, 1.82) is 5.26 Å². The minimum Gasteiger partial charge on any atom is -0.493 e. The number of hydrogen-bond acceptors (Lipinski definition) is 5. The molecule has 2 aromatic carbocycles. The van der Waals surface area contributed by atoms with E-state index in [4.69, 9.17) is 14.2 Å². The monoisotopic (exact) mass is 444 g/mol. The summed E-state index contributed by atoms with van der Waals surface area (Å²) < 4.78 is 17.1. The van der Waals surface area contributed by atoms with E-state index in [1.54, 1.807) is 25.3 Å². The highest BCUT2D eigenvalue weighted by molar-refractivity contribution is 9.10. The highest BCUT2D eigenvalue weighted by Gasteiger charge is 2.10. The minimum atomic E-state index is -0.450. The zero-order valence-electron chi connectivity index (χ0n) is 15.7. The molecule has 0 bridgehead atoms. The van der Waals surface area contributed by atoms with E-state index in [2.05, 4.69) is 21.2 Å². The number of nitrogens with zero attached hydrogens (tertiary/aromatic N) is 1. The van der Waals surface area contributed by atoms with Crippen molar-refractivity contribution >= 4 is 27.9 Å². The van der Waals surface area contributed by atoms with Crippen LogP contribution < -0.4 is 14.8 Å². The molecule has 146 valence electrons. The molecule has 0 heterocycles. The number of benzene rings is 2. The van der Waals surface area contributed by atoms with Crippen molar-refractivity contribution in [1.82, 2.24) is 5.32 Å². The molecule has 2 rings (SSSR count). The van der Waals surface area contributed by atoms with E-state index in [9.17, 15) is 10.1 Å². The standard InChI is InChI=1S/C21H21BrN2O4/c1-26-10-9-24-21(25)17(13-23)11-16-5-8-19(20(12-16)27-2)28-14-15-3-6-18(22)7-4-15/h3-8,11-12H,9-10,14H2,1-2H3,(H,24,25)/b17-11+. The number of methoxy groups -OCH3 is 2. The molecule has 0 aromatic heterocycles. The third kappa shape index (κ3) is 6.41. The second-order valence-corrected chi connectivity index (χ2v) is 6.66. The molecule has 7 heteroatoms. The summed E-state index contributed by atoms with van der Waals surface area (Å²) in [5.41, 5.74) is 1.68. The van der Waals surface area contributed by atoms with Gasteiger partial charge in [0.1, 0.15) is 18.2 Å². The number of halogens is 1. The van der Waals surface area contributed by atoms with Crippen LogP contribution in [-0.4, -0.2) is 33.3 Å². The largest absolute Gasteiger partial charge is 0.493 e. The Balaban J connectivity index is 2.11. The highest BCUT2D eigenvalue weighted by atomic mass is 79.9. The Morgan fingerprint density at radius 1 is 1.18 bits per heavy atom. The third-order valence-corrected chi connectivity index (χ3v) is 4.29. The van der Waals surface area contributed by atoms with E-state index in [1.165, 1.54) is 13.2 Å². The summed E-state index contributed by atoms with van der Waals surface area (Å²) in [6.07, 6.45) is 1.50. The van der Waals surface area contributed by atoms with Gasteiger partial charge in [-0.25, -0.2) is 0 Å². The van der Waals surface area contributed by atoms with Gasteiger partial charge < -0.3 is 19.5 Å². The predicted molar refractivity (Wildman–Crippen MR) is 110 cm³/mol. The Kier molecular flexibility index (Phi) is 8.53. The summed E-state index contributed by atoms with van der Waals surface area (Å²) >= 11 is 3.40. The van der Waals surface area contributed by atoms with Gasteiger partial charge in [0, 0.05) is 18.1 Å². The van der Waals surface area contributed by atoms with Gasteiger partial charge in [-0.15, -0.1) is 0 Å². The average Bonchev–Trinajstić information content (AvgIpc) is 2.72. The number of hydrogen-bond donors (Lipinski definition) is 1. The summed E-state index contributed by atoms with van der Waals surface area (Å²) in [6, 6.07) is 15.0. The van der Waals surface area contributed by atoms with Crippen LogP contribution in [0.15, 0.2) is 52.5 Å². The lowest BCUT2D eigenvalue weighted by atomic mass is 10.1. The molecule has 1 amide bonds. The first-order valence-electron chi connectivity index (χ1n) is 8.51. The first-order valence-corrected chi connectivity index (χ1v) is 9.31. The lowest BCUT2D eigenvalue weighted by Crippen LogP contribution is -2.27. The van der Waals surface area contributed by atoms with Crippen molar-refractivity contribution < 1.29 is 19.0 Å². The molecule has 1 N–H and O–H groups in total. The summed E-state index contributed by atoms with van der Waals surface area (Å²) in [7, 11) is 3.08. The average molecular weight is 445 g/mol. The first kappa shape index (κ1) is 21.5. The van der Waals surface area contributed by atoms with Crippen molar-refractivity contribution in [2.75, 3.05) is 27.4 Å². The fourth-order valence-corrected chi connectivity index (χ4v) is 2.58. The second kappa shape index (κ2) is 11.1. The van der Waals surface area contributed by atoms with E-state index in [-0.39, 0.29) is 5.57 Å². The number of nitrogens with one attached hydrogen (secondary N) is 1. The molecule has 28 heavy (non-hydrogen) atoms. The molecule has 2 aromatic rings. The molecule has 0 radical (unpaired) electrons. The molecule has 0 spiro atoms. The molecular weight excluding hydrogens is 424 g/mol. The molecule has 0 unspecified atom stereocenters. The number of carbonyl (C=O) groups is 1. The van der Waals surface area contributed by atoms with Crippen molar-refractivity contribution in [3.05, 3.63) is 63.6 Å². The zero-order chi connectivity index (χ0) is 20.4. The SMILES string of the molecule is COCCNC(=O)/C(C#N)=C/c1ccc(OCc2ccc(Br)cc2)c(OC)c1. The minimum absolute atomic E-state index is 0.00156.